The van der Waals surface area contributed by atoms with Gasteiger partial charge < -0.3 is 9.30 Å². The Kier molecular flexibility index (Phi) is 6.22. The molecule has 0 N–H and O–H groups in total. The fourth-order valence-electron chi connectivity index (χ4n) is 2.77. The van der Waals surface area contributed by atoms with Gasteiger partial charge in [0.25, 0.3) is 5.69 Å². The second kappa shape index (κ2) is 8.24. The molecule has 0 saturated heterocycles. The zero-order valence-electron chi connectivity index (χ0n) is 15.1. The van der Waals surface area contributed by atoms with Crippen LogP contribution in [0.5, 0.6) is 0 Å². The molecule has 0 saturated carbocycles. The smallest absolute Gasteiger partial charge is 0.406 e. The van der Waals surface area contributed by atoms with Crippen molar-refractivity contribution in [2.24, 2.45) is 0 Å². The Morgan fingerprint density at radius 2 is 1.86 bits per heavy atom. The molecule has 150 valence electrons. The summed E-state index contributed by atoms with van der Waals surface area (Å²) in [5.74, 6) is -1.51. The van der Waals surface area contributed by atoms with Crippen molar-refractivity contribution in [1.29, 1.82) is 0 Å². The number of carbonyl (C=O) groups excluding carboxylic acids is 2. The Morgan fingerprint density at radius 1 is 1.21 bits per heavy atom. The molecule has 0 spiro atoms. The predicted molar refractivity (Wildman–Crippen MR) is 92.1 cm³/mol. The first-order chi connectivity index (χ1) is 13.0. The van der Waals surface area contributed by atoms with Crippen molar-refractivity contribution in [2.45, 2.75) is 33.0 Å². The van der Waals surface area contributed by atoms with Crippen LogP contribution >= 0.6 is 0 Å². The number of ether oxygens (including phenoxy) is 1. The summed E-state index contributed by atoms with van der Waals surface area (Å²) in [4.78, 5) is 34.5. The molecule has 0 amide bonds. The normalized spacial score (nSPS) is 11.3. The number of aryl methyl sites for hydroxylation is 1. The molecule has 0 atom stereocenters. The van der Waals surface area contributed by atoms with Gasteiger partial charge in [0, 0.05) is 28.6 Å². The molecule has 10 heteroatoms. The van der Waals surface area contributed by atoms with Gasteiger partial charge in [0.1, 0.15) is 6.54 Å². The summed E-state index contributed by atoms with van der Waals surface area (Å²) in [7, 11) is 0. The van der Waals surface area contributed by atoms with Crippen LogP contribution in [0.1, 0.15) is 27.3 Å². The molecule has 1 heterocycles. The first kappa shape index (κ1) is 21.1. The second-order valence-electron chi connectivity index (χ2n) is 6.13. The highest BCUT2D eigenvalue weighted by Gasteiger charge is 2.30. The number of halogens is 3. The van der Waals surface area contributed by atoms with Gasteiger partial charge in [-0.05, 0) is 19.9 Å². The maximum Gasteiger partial charge on any atom is 0.406 e. The summed E-state index contributed by atoms with van der Waals surface area (Å²) in [5, 5.41) is 10.9. The largest absolute Gasteiger partial charge is 0.457 e. The van der Waals surface area contributed by atoms with Crippen molar-refractivity contribution in [2.75, 3.05) is 6.61 Å². The highest BCUT2D eigenvalue weighted by atomic mass is 19.4. The number of nitro benzene ring substituents is 1. The van der Waals surface area contributed by atoms with Crippen molar-refractivity contribution in [1.82, 2.24) is 4.57 Å². The van der Waals surface area contributed by atoms with Gasteiger partial charge >= 0.3 is 12.1 Å². The van der Waals surface area contributed by atoms with E-state index in [1.54, 1.807) is 0 Å². The number of esters is 1. The number of rotatable bonds is 7. The Labute approximate surface area is 157 Å². The van der Waals surface area contributed by atoms with E-state index in [-0.39, 0.29) is 28.2 Å². The lowest BCUT2D eigenvalue weighted by Gasteiger charge is -2.12. The molecule has 2 aromatic rings. The van der Waals surface area contributed by atoms with E-state index in [1.807, 2.05) is 0 Å². The van der Waals surface area contributed by atoms with Crippen LogP contribution in [0.3, 0.4) is 0 Å². The molecule has 0 bridgehead atoms. The van der Waals surface area contributed by atoms with Crippen LogP contribution in [0.2, 0.25) is 0 Å². The number of nitrogens with zero attached hydrogens (tertiary/aromatic N) is 2. The van der Waals surface area contributed by atoms with Gasteiger partial charge in [-0.3, -0.25) is 19.7 Å². The monoisotopic (exact) mass is 398 g/mol. The quantitative estimate of drug-likeness (QED) is 0.308. The van der Waals surface area contributed by atoms with Crippen molar-refractivity contribution in [3.63, 3.8) is 0 Å². The van der Waals surface area contributed by atoms with Crippen molar-refractivity contribution < 1.29 is 32.4 Å². The van der Waals surface area contributed by atoms with Gasteiger partial charge in [-0.2, -0.15) is 13.2 Å². The third-order valence-corrected chi connectivity index (χ3v) is 4.10. The van der Waals surface area contributed by atoms with Gasteiger partial charge in [-0.15, -0.1) is 0 Å². The SMILES string of the molecule is Cc1cc(C(=O)COC(=O)Cc2ccccc2[N+](=O)[O-])c(C)n1CC(F)(F)F. The fraction of sp³-hybridized carbons (Fsp3) is 0.333. The van der Waals surface area contributed by atoms with Gasteiger partial charge in [0.15, 0.2) is 6.61 Å². The van der Waals surface area contributed by atoms with Gasteiger partial charge in [0.2, 0.25) is 5.78 Å². The van der Waals surface area contributed by atoms with Crippen molar-refractivity contribution >= 4 is 17.4 Å². The van der Waals surface area contributed by atoms with E-state index < -0.39 is 42.4 Å². The average molecular weight is 398 g/mol. The summed E-state index contributed by atoms with van der Waals surface area (Å²) in [6.07, 6.45) is -4.84. The van der Waals surface area contributed by atoms with Crippen molar-refractivity contribution in [3.05, 3.63) is 63.0 Å². The van der Waals surface area contributed by atoms with Gasteiger partial charge in [-0.1, -0.05) is 18.2 Å². The standard InChI is InChI=1S/C18H17F3N2O5/c1-11-7-14(12(2)22(11)10-18(19,20)21)16(24)9-28-17(25)8-13-5-3-4-6-15(13)23(26)27/h3-7H,8-10H2,1-2H3. The number of benzene rings is 1. The summed E-state index contributed by atoms with van der Waals surface area (Å²) < 4.78 is 43.7. The van der Waals surface area contributed by atoms with E-state index in [0.29, 0.717) is 0 Å². The summed E-state index contributed by atoms with van der Waals surface area (Å²) >= 11 is 0. The van der Waals surface area contributed by atoms with Crippen LogP contribution in [0.15, 0.2) is 30.3 Å². The zero-order valence-corrected chi connectivity index (χ0v) is 15.1. The number of hydrogen-bond acceptors (Lipinski definition) is 5. The number of Topliss-reactive ketones (excluding diaryl/α,β-unsaturated/α-hetero) is 1. The Bertz CT molecular complexity index is 918. The van der Waals surface area contributed by atoms with E-state index in [2.05, 4.69) is 0 Å². The molecule has 28 heavy (non-hydrogen) atoms. The molecular weight excluding hydrogens is 381 g/mol. The lowest BCUT2D eigenvalue weighted by molar-refractivity contribution is -0.385. The molecule has 0 aliphatic heterocycles. The Hall–Kier alpha value is -3.17. The highest BCUT2D eigenvalue weighted by molar-refractivity contribution is 5.99. The molecule has 0 fully saturated rings. The molecule has 0 aliphatic carbocycles. The molecular formula is C18H17F3N2O5. The van der Waals surface area contributed by atoms with Gasteiger partial charge in [-0.25, -0.2) is 0 Å². The average Bonchev–Trinajstić information content (AvgIpc) is 2.87. The topological polar surface area (TPSA) is 91.4 Å². The first-order valence-corrected chi connectivity index (χ1v) is 8.14. The van der Waals surface area contributed by atoms with Crippen molar-refractivity contribution in [3.8, 4) is 0 Å². The molecule has 1 aromatic carbocycles. The minimum Gasteiger partial charge on any atom is -0.457 e. The summed E-state index contributed by atoms with van der Waals surface area (Å²) in [6, 6.07) is 6.91. The number of ketones is 1. The predicted octanol–water partition coefficient (Wildman–Crippen LogP) is 3.54. The number of carbonyl (C=O) groups is 2. The number of para-hydroxylation sites is 1. The second-order valence-corrected chi connectivity index (χ2v) is 6.13. The van der Waals surface area contributed by atoms with Crippen LogP contribution in [-0.4, -0.2) is 34.0 Å². The van der Waals surface area contributed by atoms with Crippen LogP contribution < -0.4 is 0 Å². The lowest BCUT2D eigenvalue weighted by atomic mass is 10.1. The van der Waals surface area contributed by atoms with Crippen LogP contribution in [0.25, 0.3) is 0 Å². The van der Waals surface area contributed by atoms with E-state index in [1.165, 1.54) is 44.2 Å². The van der Waals surface area contributed by atoms with Crippen LogP contribution in [0, 0.1) is 24.0 Å². The highest BCUT2D eigenvalue weighted by Crippen LogP contribution is 2.23. The maximum atomic E-state index is 12.6. The third kappa shape index (κ3) is 5.18. The van der Waals surface area contributed by atoms with E-state index >= 15 is 0 Å². The molecule has 0 aliphatic rings. The Balaban J connectivity index is 2.04. The van der Waals surface area contributed by atoms with E-state index in [4.69, 9.17) is 4.74 Å². The summed E-state index contributed by atoms with van der Waals surface area (Å²) in [6.45, 7) is 0.919. The zero-order chi connectivity index (χ0) is 21.1. The molecule has 2 rings (SSSR count). The number of aromatic nitrogens is 1. The minimum atomic E-state index is -4.44. The molecule has 7 nitrogen and oxygen atoms in total. The first-order valence-electron chi connectivity index (χ1n) is 8.14. The fourth-order valence-corrected chi connectivity index (χ4v) is 2.77. The van der Waals surface area contributed by atoms with Crippen LogP contribution in [-0.2, 0) is 22.5 Å². The van der Waals surface area contributed by atoms with Gasteiger partial charge in [0.05, 0.1) is 11.3 Å². The molecule has 1 aromatic heterocycles. The molecule has 0 unspecified atom stereocenters. The molecule has 0 radical (unpaired) electrons. The third-order valence-electron chi connectivity index (χ3n) is 4.10. The maximum absolute atomic E-state index is 12.6. The Morgan fingerprint density at radius 3 is 2.46 bits per heavy atom. The minimum absolute atomic E-state index is 0.0280. The summed E-state index contributed by atoms with van der Waals surface area (Å²) in [5.41, 5.74) is 0.286. The van der Waals surface area contributed by atoms with E-state index in [0.717, 1.165) is 4.57 Å². The number of hydrogen-bond donors (Lipinski definition) is 0. The lowest BCUT2D eigenvalue weighted by Crippen LogP contribution is -2.20. The number of alkyl halides is 3. The number of nitro groups is 1. The van der Waals surface area contributed by atoms with E-state index in [9.17, 15) is 32.9 Å². The van der Waals surface area contributed by atoms with Crippen LogP contribution in [0.4, 0.5) is 18.9 Å².